The van der Waals surface area contributed by atoms with E-state index in [1.165, 1.54) is 33.4 Å². The number of aryl methyl sites for hydroxylation is 2. The third kappa shape index (κ3) is 3.07. The van der Waals surface area contributed by atoms with Crippen LogP contribution in [0.15, 0.2) is 71.8 Å². The van der Waals surface area contributed by atoms with E-state index < -0.39 is 0 Å². The molecule has 1 unspecified atom stereocenters. The van der Waals surface area contributed by atoms with Gasteiger partial charge in [-0.25, -0.2) is 0 Å². The Morgan fingerprint density at radius 3 is 2.50 bits per heavy atom. The highest BCUT2D eigenvalue weighted by molar-refractivity contribution is 5.71. The van der Waals surface area contributed by atoms with Crippen molar-refractivity contribution in [2.75, 3.05) is 0 Å². The molecule has 2 aliphatic carbocycles. The molecule has 0 spiro atoms. The lowest BCUT2D eigenvalue weighted by Gasteiger charge is -2.05. The summed E-state index contributed by atoms with van der Waals surface area (Å²) in [5, 5.41) is 9.36. The first kappa shape index (κ1) is 15.0. The molecule has 0 saturated carbocycles. The summed E-state index contributed by atoms with van der Waals surface area (Å²) in [5.74, 6) is 0.893. The van der Waals surface area contributed by atoms with Gasteiger partial charge in [0.2, 0.25) is 0 Å². The van der Waals surface area contributed by atoms with E-state index in [0.717, 1.165) is 19.3 Å². The zero-order valence-electron chi connectivity index (χ0n) is 14.0. The Kier molecular flexibility index (Phi) is 3.86. The molecule has 2 aliphatic rings. The van der Waals surface area contributed by atoms with E-state index in [4.69, 9.17) is 0 Å². The summed E-state index contributed by atoms with van der Waals surface area (Å²) in [6.07, 6.45) is 12.3. The van der Waals surface area contributed by atoms with Gasteiger partial charge >= 0.3 is 0 Å². The van der Waals surface area contributed by atoms with Crippen LogP contribution in [0.1, 0.15) is 29.2 Å². The van der Waals surface area contributed by atoms with Crippen molar-refractivity contribution in [2.24, 2.45) is 5.92 Å². The minimum Gasteiger partial charge on any atom is -0.508 e. The Balaban J connectivity index is 1.48. The average Bonchev–Trinajstić information content (AvgIpc) is 3.19. The molecule has 1 heteroatoms. The normalized spacial score (nSPS) is 18.5. The van der Waals surface area contributed by atoms with Gasteiger partial charge in [-0.15, -0.1) is 0 Å². The summed E-state index contributed by atoms with van der Waals surface area (Å²) in [4.78, 5) is 0. The van der Waals surface area contributed by atoms with Gasteiger partial charge in [0.05, 0.1) is 0 Å². The Morgan fingerprint density at radius 1 is 1.00 bits per heavy atom. The van der Waals surface area contributed by atoms with Crippen molar-refractivity contribution in [2.45, 2.75) is 26.2 Å². The van der Waals surface area contributed by atoms with Crippen molar-refractivity contribution in [3.8, 4) is 5.75 Å². The molecule has 0 fully saturated rings. The van der Waals surface area contributed by atoms with Crippen molar-refractivity contribution in [1.29, 1.82) is 0 Å². The summed E-state index contributed by atoms with van der Waals surface area (Å²) >= 11 is 0. The van der Waals surface area contributed by atoms with Gasteiger partial charge in [0.15, 0.2) is 0 Å². The van der Waals surface area contributed by atoms with Crippen LogP contribution in [0.5, 0.6) is 5.75 Å². The van der Waals surface area contributed by atoms with E-state index in [9.17, 15) is 5.11 Å². The number of benzene rings is 2. The first-order valence-corrected chi connectivity index (χ1v) is 8.68. The first-order chi connectivity index (χ1) is 11.7. The maximum Gasteiger partial charge on any atom is 0.115 e. The lowest BCUT2D eigenvalue weighted by Crippen LogP contribution is -1.93. The van der Waals surface area contributed by atoms with Crippen LogP contribution in [0.3, 0.4) is 0 Å². The van der Waals surface area contributed by atoms with Crippen molar-refractivity contribution < 1.29 is 5.11 Å². The van der Waals surface area contributed by atoms with Gasteiger partial charge in [0.1, 0.15) is 5.75 Å². The highest BCUT2D eigenvalue weighted by atomic mass is 16.3. The van der Waals surface area contributed by atoms with E-state index in [1.54, 1.807) is 12.1 Å². The third-order valence-corrected chi connectivity index (χ3v) is 4.95. The highest BCUT2D eigenvalue weighted by Gasteiger charge is 2.17. The van der Waals surface area contributed by atoms with E-state index in [1.807, 2.05) is 12.1 Å². The maximum absolute atomic E-state index is 9.36. The third-order valence-electron chi connectivity index (χ3n) is 4.95. The number of hydrogen-bond donors (Lipinski definition) is 1. The fourth-order valence-corrected chi connectivity index (χ4v) is 3.54. The lowest BCUT2D eigenvalue weighted by atomic mass is 10.00. The molecule has 1 atom stereocenters. The van der Waals surface area contributed by atoms with Crippen LogP contribution in [-0.4, -0.2) is 5.11 Å². The minimum atomic E-state index is 0.332. The van der Waals surface area contributed by atoms with Gasteiger partial charge < -0.3 is 5.11 Å². The quantitative estimate of drug-likeness (QED) is 0.817. The number of aromatic hydroxyl groups is 1. The van der Waals surface area contributed by atoms with Crippen LogP contribution in [0.2, 0.25) is 0 Å². The number of phenols is 1. The van der Waals surface area contributed by atoms with E-state index in [-0.39, 0.29) is 0 Å². The molecular weight excluding hydrogens is 292 g/mol. The lowest BCUT2D eigenvalue weighted by molar-refractivity contribution is 0.475. The van der Waals surface area contributed by atoms with Gasteiger partial charge in [0.25, 0.3) is 0 Å². The molecule has 0 amide bonds. The number of fused-ring (bicyclic) bond motifs is 1. The van der Waals surface area contributed by atoms with E-state index >= 15 is 0 Å². The standard InChI is InChI=1S/C23H22O/c1-16-2-8-19(12-16)22-14-20-9-5-18(13-21(20)15-22)4-3-17-6-10-23(24)11-7-17/h2,5-13,15-16,24H,3-4,14H2,1H3. The molecule has 24 heavy (non-hydrogen) atoms. The van der Waals surface area contributed by atoms with Crippen molar-refractivity contribution in [3.05, 3.63) is 94.1 Å². The smallest absolute Gasteiger partial charge is 0.115 e. The number of allylic oxidation sites excluding steroid dienone is 5. The van der Waals surface area contributed by atoms with E-state index in [2.05, 4.69) is 49.4 Å². The van der Waals surface area contributed by atoms with Gasteiger partial charge in [0, 0.05) is 0 Å². The molecule has 0 heterocycles. The molecular formula is C23H22O. The first-order valence-electron chi connectivity index (χ1n) is 8.68. The number of phenolic OH excluding ortho intramolecular Hbond substituents is 1. The Morgan fingerprint density at radius 2 is 1.75 bits per heavy atom. The number of rotatable bonds is 4. The molecule has 4 rings (SSSR count). The van der Waals surface area contributed by atoms with Crippen LogP contribution < -0.4 is 0 Å². The second kappa shape index (κ2) is 6.16. The molecule has 120 valence electrons. The highest BCUT2D eigenvalue weighted by Crippen LogP contribution is 2.33. The van der Waals surface area contributed by atoms with Crippen LogP contribution in [0, 0.1) is 5.92 Å². The topological polar surface area (TPSA) is 20.2 Å². The molecule has 1 nitrogen and oxygen atoms in total. The van der Waals surface area contributed by atoms with E-state index in [0.29, 0.717) is 11.7 Å². The summed E-state index contributed by atoms with van der Waals surface area (Å²) in [5.41, 5.74) is 8.29. The Bertz CT molecular complexity index is 850. The van der Waals surface area contributed by atoms with Crippen molar-refractivity contribution in [1.82, 2.24) is 0 Å². The largest absolute Gasteiger partial charge is 0.508 e. The molecule has 0 bridgehead atoms. The summed E-state index contributed by atoms with van der Waals surface area (Å²) < 4.78 is 0. The fraction of sp³-hybridized carbons (Fsp3) is 0.217. The predicted octanol–water partition coefficient (Wildman–Crippen LogP) is 5.25. The minimum absolute atomic E-state index is 0.332. The Labute approximate surface area is 143 Å². The predicted molar refractivity (Wildman–Crippen MR) is 100 cm³/mol. The second-order valence-corrected chi connectivity index (χ2v) is 6.89. The monoisotopic (exact) mass is 314 g/mol. The second-order valence-electron chi connectivity index (χ2n) is 6.89. The summed E-state index contributed by atoms with van der Waals surface area (Å²) in [7, 11) is 0. The summed E-state index contributed by atoms with van der Waals surface area (Å²) in [6.45, 7) is 2.23. The average molecular weight is 314 g/mol. The maximum atomic E-state index is 9.36. The van der Waals surface area contributed by atoms with Gasteiger partial charge in [-0.2, -0.15) is 0 Å². The van der Waals surface area contributed by atoms with Crippen LogP contribution >= 0.6 is 0 Å². The molecule has 2 aromatic carbocycles. The van der Waals surface area contributed by atoms with Crippen LogP contribution in [0.25, 0.3) is 6.08 Å². The zero-order valence-corrected chi connectivity index (χ0v) is 14.0. The fourth-order valence-electron chi connectivity index (χ4n) is 3.54. The van der Waals surface area contributed by atoms with Crippen LogP contribution in [0.4, 0.5) is 0 Å². The Hall–Kier alpha value is -2.54. The molecule has 0 saturated heterocycles. The van der Waals surface area contributed by atoms with Gasteiger partial charge in [-0.05, 0) is 70.7 Å². The number of hydrogen-bond acceptors (Lipinski definition) is 1. The molecule has 0 aliphatic heterocycles. The van der Waals surface area contributed by atoms with Gasteiger partial charge in [-0.3, -0.25) is 0 Å². The summed E-state index contributed by atoms with van der Waals surface area (Å²) in [6, 6.07) is 14.4. The van der Waals surface area contributed by atoms with Crippen LogP contribution in [-0.2, 0) is 19.3 Å². The molecule has 0 radical (unpaired) electrons. The SMILES string of the molecule is CC1C=CC(C2=Cc3cc(CCc4ccc(O)cc4)ccc3C2)=C1. The molecule has 0 aromatic heterocycles. The van der Waals surface area contributed by atoms with Gasteiger partial charge in [-0.1, -0.05) is 61.6 Å². The zero-order chi connectivity index (χ0) is 16.5. The van der Waals surface area contributed by atoms with Crippen molar-refractivity contribution in [3.63, 3.8) is 0 Å². The molecule has 1 N–H and O–H groups in total. The molecule has 2 aromatic rings. The van der Waals surface area contributed by atoms with Crippen molar-refractivity contribution >= 4 is 6.08 Å².